The number of ether oxygens (including phenoxy) is 3. The molecule has 0 aliphatic rings. The molecule has 7 nitrogen and oxygen atoms in total. The zero-order valence-electron chi connectivity index (χ0n) is 18.2. The number of hydrogen-bond donors (Lipinski definition) is 1. The van der Waals surface area contributed by atoms with Crippen LogP contribution in [-0.2, 0) is 4.79 Å². The molecule has 2 aromatic carbocycles. The maximum atomic E-state index is 12.3. The molecule has 1 atom stereocenters. The standard InChI is InChI=1S/C24H27N3O4/c1-16-5-6-17(2)22(15-16)31-18(3)24(28)25-13-14-30-23-12-11-21(26-27-23)19-7-9-20(29-4)10-8-19/h5-12,15,18H,13-14H2,1-4H3,(H,25,28). The highest BCUT2D eigenvalue weighted by molar-refractivity contribution is 5.80. The van der Waals surface area contributed by atoms with Crippen LogP contribution >= 0.6 is 0 Å². The van der Waals surface area contributed by atoms with Crippen LogP contribution in [0.5, 0.6) is 17.4 Å². The van der Waals surface area contributed by atoms with Gasteiger partial charge in [0, 0.05) is 11.6 Å². The van der Waals surface area contributed by atoms with Gasteiger partial charge in [-0.15, -0.1) is 10.2 Å². The Morgan fingerprint density at radius 3 is 2.48 bits per heavy atom. The maximum Gasteiger partial charge on any atom is 0.260 e. The summed E-state index contributed by atoms with van der Waals surface area (Å²) in [6, 6.07) is 17.1. The Bertz CT molecular complexity index is 1000. The highest BCUT2D eigenvalue weighted by atomic mass is 16.5. The maximum absolute atomic E-state index is 12.3. The van der Waals surface area contributed by atoms with Gasteiger partial charge in [-0.05, 0) is 68.3 Å². The molecule has 0 saturated heterocycles. The zero-order chi connectivity index (χ0) is 22.2. The molecule has 3 aromatic rings. The lowest BCUT2D eigenvalue weighted by atomic mass is 10.1. The average molecular weight is 421 g/mol. The van der Waals surface area contributed by atoms with Crippen LogP contribution in [0.15, 0.2) is 54.6 Å². The van der Waals surface area contributed by atoms with Crippen molar-refractivity contribution in [3.8, 4) is 28.6 Å². The van der Waals surface area contributed by atoms with E-state index in [0.29, 0.717) is 18.2 Å². The average Bonchev–Trinajstić information content (AvgIpc) is 2.79. The van der Waals surface area contributed by atoms with E-state index in [1.807, 2.05) is 62.4 Å². The molecule has 0 bridgehead atoms. The molecule has 1 N–H and O–H groups in total. The number of methoxy groups -OCH3 is 1. The summed E-state index contributed by atoms with van der Waals surface area (Å²) in [6.07, 6.45) is -0.607. The fourth-order valence-electron chi connectivity index (χ4n) is 2.86. The number of aryl methyl sites for hydroxylation is 2. The first-order chi connectivity index (χ1) is 15.0. The summed E-state index contributed by atoms with van der Waals surface area (Å²) in [5, 5.41) is 11.1. The van der Waals surface area contributed by atoms with Gasteiger partial charge in [-0.25, -0.2) is 0 Å². The van der Waals surface area contributed by atoms with Crippen molar-refractivity contribution in [2.75, 3.05) is 20.3 Å². The van der Waals surface area contributed by atoms with Gasteiger partial charge in [-0.3, -0.25) is 4.79 Å². The third kappa shape index (κ3) is 6.18. The van der Waals surface area contributed by atoms with Crippen LogP contribution < -0.4 is 19.5 Å². The fourth-order valence-corrected chi connectivity index (χ4v) is 2.86. The van der Waals surface area contributed by atoms with Crippen LogP contribution in [0.25, 0.3) is 11.3 Å². The minimum Gasteiger partial charge on any atom is -0.497 e. The summed E-state index contributed by atoms with van der Waals surface area (Å²) in [5.74, 6) is 1.69. The normalized spacial score (nSPS) is 11.5. The lowest BCUT2D eigenvalue weighted by Crippen LogP contribution is -2.38. The lowest BCUT2D eigenvalue weighted by molar-refractivity contribution is -0.127. The monoisotopic (exact) mass is 421 g/mol. The summed E-state index contributed by atoms with van der Waals surface area (Å²) in [6.45, 7) is 6.27. The molecule has 7 heteroatoms. The van der Waals surface area contributed by atoms with E-state index in [1.54, 1.807) is 20.1 Å². The molecule has 3 rings (SSSR count). The Balaban J connectivity index is 1.43. The van der Waals surface area contributed by atoms with Gasteiger partial charge in [0.05, 0.1) is 19.3 Å². The van der Waals surface area contributed by atoms with E-state index in [2.05, 4.69) is 15.5 Å². The molecule has 0 saturated carbocycles. The summed E-state index contributed by atoms with van der Waals surface area (Å²) >= 11 is 0. The van der Waals surface area contributed by atoms with Gasteiger partial charge in [-0.2, -0.15) is 0 Å². The predicted octanol–water partition coefficient (Wildman–Crippen LogP) is 3.73. The number of carbonyl (C=O) groups excluding carboxylic acids is 1. The van der Waals surface area contributed by atoms with Crippen LogP contribution in [0.3, 0.4) is 0 Å². The van der Waals surface area contributed by atoms with Crippen molar-refractivity contribution in [1.29, 1.82) is 0 Å². The number of nitrogens with one attached hydrogen (secondary N) is 1. The summed E-state index contributed by atoms with van der Waals surface area (Å²) in [5.41, 5.74) is 3.75. The molecule has 0 aliphatic heterocycles. The van der Waals surface area contributed by atoms with Crippen molar-refractivity contribution in [2.24, 2.45) is 0 Å². The molecule has 1 heterocycles. The quantitative estimate of drug-likeness (QED) is 0.530. The number of aromatic nitrogens is 2. The summed E-state index contributed by atoms with van der Waals surface area (Å²) < 4.78 is 16.5. The number of amides is 1. The lowest BCUT2D eigenvalue weighted by Gasteiger charge is -2.16. The molecular formula is C24H27N3O4. The molecule has 0 spiro atoms. The second-order valence-electron chi connectivity index (χ2n) is 7.15. The number of carbonyl (C=O) groups is 1. The summed E-state index contributed by atoms with van der Waals surface area (Å²) in [7, 11) is 1.63. The Morgan fingerprint density at radius 1 is 1.03 bits per heavy atom. The van der Waals surface area contributed by atoms with Gasteiger partial charge in [0.15, 0.2) is 6.10 Å². The number of benzene rings is 2. The molecule has 31 heavy (non-hydrogen) atoms. The molecule has 0 radical (unpaired) electrons. The van der Waals surface area contributed by atoms with Crippen molar-refractivity contribution in [1.82, 2.24) is 15.5 Å². The second-order valence-corrected chi connectivity index (χ2v) is 7.15. The summed E-state index contributed by atoms with van der Waals surface area (Å²) in [4.78, 5) is 12.3. The van der Waals surface area contributed by atoms with Crippen molar-refractivity contribution in [3.05, 3.63) is 65.7 Å². The topological polar surface area (TPSA) is 82.6 Å². The highest BCUT2D eigenvalue weighted by Crippen LogP contribution is 2.21. The van der Waals surface area contributed by atoms with Gasteiger partial charge >= 0.3 is 0 Å². The Kier molecular flexibility index (Phi) is 7.43. The van der Waals surface area contributed by atoms with Gasteiger partial charge in [0.2, 0.25) is 5.88 Å². The van der Waals surface area contributed by atoms with Crippen LogP contribution in [0, 0.1) is 13.8 Å². The van der Waals surface area contributed by atoms with Gasteiger partial charge in [0.25, 0.3) is 5.91 Å². The number of hydrogen-bond acceptors (Lipinski definition) is 6. The third-order valence-corrected chi connectivity index (χ3v) is 4.69. The van der Waals surface area contributed by atoms with Crippen LogP contribution in [-0.4, -0.2) is 42.5 Å². The first-order valence-electron chi connectivity index (χ1n) is 10.1. The number of nitrogens with zero attached hydrogens (tertiary/aromatic N) is 2. The molecule has 0 fully saturated rings. The fraction of sp³-hybridized carbons (Fsp3) is 0.292. The van der Waals surface area contributed by atoms with Crippen molar-refractivity contribution < 1.29 is 19.0 Å². The number of rotatable bonds is 9. The Labute approximate surface area is 182 Å². The Hall–Kier alpha value is -3.61. The van der Waals surface area contributed by atoms with Crippen molar-refractivity contribution in [2.45, 2.75) is 26.9 Å². The van der Waals surface area contributed by atoms with E-state index in [-0.39, 0.29) is 12.5 Å². The predicted molar refractivity (Wildman–Crippen MR) is 119 cm³/mol. The highest BCUT2D eigenvalue weighted by Gasteiger charge is 2.15. The molecule has 1 aromatic heterocycles. The van der Waals surface area contributed by atoms with E-state index in [0.717, 1.165) is 28.1 Å². The molecule has 1 amide bonds. The first-order valence-corrected chi connectivity index (χ1v) is 10.1. The molecule has 162 valence electrons. The minimum atomic E-state index is -0.607. The smallest absolute Gasteiger partial charge is 0.260 e. The Morgan fingerprint density at radius 2 is 1.81 bits per heavy atom. The largest absolute Gasteiger partial charge is 0.497 e. The molecule has 1 unspecified atom stereocenters. The van der Waals surface area contributed by atoms with Gasteiger partial charge in [0.1, 0.15) is 18.1 Å². The minimum absolute atomic E-state index is 0.203. The van der Waals surface area contributed by atoms with Crippen molar-refractivity contribution >= 4 is 5.91 Å². The SMILES string of the molecule is COc1ccc(-c2ccc(OCCNC(=O)C(C)Oc3cc(C)ccc3C)nn2)cc1. The van der Waals surface area contributed by atoms with Crippen LogP contribution in [0.1, 0.15) is 18.1 Å². The third-order valence-electron chi connectivity index (χ3n) is 4.69. The van der Waals surface area contributed by atoms with E-state index >= 15 is 0 Å². The van der Waals surface area contributed by atoms with E-state index in [4.69, 9.17) is 14.2 Å². The van der Waals surface area contributed by atoms with Crippen LogP contribution in [0.4, 0.5) is 0 Å². The second kappa shape index (κ2) is 10.4. The van der Waals surface area contributed by atoms with Crippen LogP contribution in [0.2, 0.25) is 0 Å². The van der Waals surface area contributed by atoms with Crippen molar-refractivity contribution in [3.63, 3.8) is 0 Å². The molecular weight excluding hydrogens is 394 g/mol. The van der Waals surface area contributed by atoms with E-state index in [1.165, 1.54) is 0 Å². The van der Waals surface area contributed by atoms with E-state index in [9.17, 15) is 4.79 Å². The molecule has 0 aliphatic carbocycles. The van der Waals surface area contributed by atoms with E-state index < -0.39 is 6.10 Å². The zero-order valence-corrected chi connectivity index (χ0v) is 18.2. The van der Waals surface area contributed by atoms with Gasteiger partial charge < -0.3 is 19.5 Å². The van der Waals surface area contributed by atoms with Gasteiger partial charge in [-0.1, -0.05) is 12.1 Å². The first kappa shape index (κ1) is 22.1.